The lowest BCUT2D eigenvalue weighted by atomic mass is 10.1. The van der Waals surface area contributed by atoms with Gasteiger partial charge in [-0.2, -0.15) is 0 Å². The van der Waals surface area contributed by atoms with Gasteiger partial charge in [0.05, 0.1) is 5.52 Å². The smallest absolute Gasteiger partial charge is 0.272 e. The minimum absolute atomic E-state index is 0.0650. The zero-order valence-electron chi connectivity index (χ0n) is 13.8. The molecule has 1 aliphatic rings. The molecule has 1 aromatic carbocycles. The van der Waals surface area contributed by atoms with Crippen molar-refractivity contribution in [1.29, 1.82) is 0 Å². The number of benzene rings is 1. The first-order valence-corrected chi connectivity index (χ1v) is 9.50. The second-order valence-electron chi connectivity index (χ2n) is 6.30. The van der Waals surface area contributed by atoms with Gasteiger partial charge in [-0.25, -0.2) is 4.98 Å². The molecule has 0 atom stereocenters. The molecule has 5 heteroatoms. The molecule has 24 heavy (non-hydrogen) atoms. The third kappa shape index (κ3) is 2.63. The van der Waals surface area contributed by atoms with Crippen LogP contribution >= 0.6 is 11.3 Å². The lowest BCUT2D eigenvalue weighted by Gasteiger charge is -2.17. The molecule has 0 amide bonds. The van der Waals surface area contributed by atoms with Crippen LogP contribution in [0.15, 0.2) is 40.5 Å². The number of fused-ring (bicyclic) bond motifs is 1. The zero-order valence-corrected chi connectivity index (χ0v) is 14.6. The van der Waals surface area contributed by atoms with Gasteiger partial charge >= 0.3 is 0 Å². The second-order valence-corrected chi connectivity index (χ2v) is 7.18. The van der Waals surface area contributed by atoms with Crippen LogP contribution in [0, 0.1) is 0 Å². The largest absolute Gasteiger partial charge is 0.353 e. The summed E-state index contributed by atoms with van der Waals surface area (Å²) in [5.74, 6) is 0.720. The van der Waals surface area contributed by atoms with Crippen molar-refractivity contribution < 1.29 is 0 Å². The van der Waals surface area contributed by atoms with Gasteiger partial charge in [-0.3, -0.25) is 9.36 Å². The standard InChI is InChI=1S/C19H21N3OS/c1-2-22-18(23)17-16(21-19(22)20-14-10-6-7-11-14)15(12-24-17)13-8-4-3-5-9-13/h3-5,8-9,12,14H,2,6-7,10-11H2,1H3,(H,20,21). The van der Waals surface area contributed by atoms with Crippen molar-refractivity contribution >= 4 is 27.5 Å². The molecular weight excluding hydrogens is 318 g/mol. The molecule has 4 nitrogen and oxygen atoms in total. The Kier molecular flexibility index (Phi) is 4.10. The lowest BCUT2D eigenvalue weighted by Crippen LogP contribution is -2.27. The molecule has 0 saturated heterocycles. The van der Waals surface area contributed by atoms with Gasteiger partial charge in [-0.05, 0) is 25.3 Å². The van der Waals surface area contributed by atoms with Gasteiger partial charge in [0.1, 0.15) is 4.70 Å². The van der Waals surface area contributed by atoms with Crippen LogP contribution in [0.1, 0.15) is 32.6 Å². The number of nitrogens with one attached hydrogen (secondary N) is 1. The Balaban J connectivity index is 1.87. The number of nitrogens with zero attached hydrogens (tertiary/aromatic N) is 2. The number of hydrogen-bond acceptors (Lipinski definition) is 4. The fraction of sp³-hybridized carbons (Fsp3) is 0.368. The Morgan fingerprint density at radius 3 is 2.71 bits per heavy atom. The molecule has 4 rings (SSSR count). The topological polar surface area (TPSA) is 46.9 Å². The van der Waals surface area contributed by atoms with Gasteiger partial charge < -0.3 is 5.32 Å². The van der Waals surface area contributed by atoms with Crippen molar-refractivity contribution in [1.82, 2.24) is 9.55 Å². The van der Waals surface area contributed by atoms with E-state index in [2.05, 4.69) is 17.4 Å². The quantitative estimate of drug-likeness (QED) is 0.761. The lowest BCUT2D eigenvalue weighted by molar-refractivity contribution is 0.683. The van der Waals surface area contributed by atoms with E-state index in [9.17, 15) is 4.79 Å². The Hall–Kier alpha value is -2.14. The van der Waals surface area contributed by atoms with Crippen molar-refractivity contribution in [2.45, 2.75) is 45.2 Å². The van der Waals surface area contributed by atoms with Crippen LogP contribution < -0.4 is 10.9 Å². The number of hydrogen-bond donors (Lipinski definition) is 1. The van der Waals surface area contributed by atoms with Gasteiger partial charge in [0.15, 0.2) is 0 Å². The van der Waals surface area contributed by atoms with E-state index < -0.39 is 0 Å². The summed E-state index contributed by atoms with van der Waals surface area (Å²) in [6.07, 6.45) is 4.83. The molecular formula is C19H21N3OS. The highest BCUT2D eigenvalue weighted by molar-refractivity contribution is 7.17. The summed E-state index contributed by atoms with van der Waals surface area (Å²) in [5, 5.41) is 5.57. The summed E-state index contributed by atoms with van der Waals surface area (Å²) in [6, 6.07) is 10.6. The first kappa shape index (κ1) is 15.4. The van der Waals surface area contributed by atoms with Gasteiger partial charge in [-0.15, -0.1) is 11.3 Å². The number of aromatic nitrogens is 2. The fourth-order valence-corrected chi connectivity index (χ4v) is 4.44. The maximum absolute atomic E-state index is 12.9. The molecule has 0 radical (unpaired) electrons. The van der Waals surface area contributed by atoms with E-state index in [0.29, 0.717) is 12.6 Å². The average Bonchev–Trinajstić information content (AvgIpc) is 3.26. The molecule has 124 valence electrons. The normalized spacial score (nSPS) is 15.2. The second kappa shape index (κ2) is 6.40. The van der Waals surface area contributed by atoms with Crippen LogP contribution in [0.25, 0.3) is 21.3 Å². The zero-order chi connectivity index (χ0) is 16.5. The summed E-state index contributed by atoms with van der Waals surface area (Å²) in [5.41, 5.74) is 3.04. The summed E-state index contributed by atoms with van der Waals surface area (Å²) in [7, 11) is 0. The first-order valence-electron chi connectivity index (χ1n) is 8.62. The highest BCUT2D eigenvalue weighted by Crippen LogP contribution is 2.32. The van der Waals surface area contributed by atoms with Crippen LogP contribution in [0.4, 0.5) is 5.95 Å². The summed E-state index contributed by atoms with van der Waals surface area (Å²) < 4.78 is 2.51. The van der Waals surface area contributed by atoms with Crippen molar-refractivity contribution in [3.8, 4) is 11.1 Å². The molecule has 0 bridgehead atoms. The Labute approximate surface area is 145 Å². The minimum atomic E-state index is 0.0650. The van der Waals surface area contributed by atoms with Crippen molar-refractivity contribution in [2.75, 3.05) is 5.32 Å². The number of rotatable bonds is 4. The van der Waals surface area contributed by atoms with Crippen LogP contribution in [0.2, 0.25) is 0 Å². The molecule has 1 N–H and O–H groups in total. The average molecular weight is 339 g/mol. The predicted molar refractivity (Wildman–Crippen MR) is 101 cm³/mol. The molecule has 0 unspecified atom stereocenters. The molecule has 3 aromatic rings. The first-order chi connectivity index (χ1) is 11.8. The van der Waals surface area contributed by atoms with Crippen molar-refractivity contribution in [3.63, 3.8) is 0 Å². The van der Waals surface area contributed by atoms with Crippen molar-refractivity contribution in [3.05, 3.63) is 46.1 Å². The number of thiophene rings is 1. The van der Waals surface area contributed by atoms with E-state index in [-0.39, 0.29) is 5.56 Å². The summed E-state index contributed by atoms with van der Waals surface area (Å²) in [6.45, 7) is 2.63. The van der Waals surface area contributed by atoms with Crippen LogP contribution in [0.3, 0.4) is 0 Å². The highest BCUT2D eigenvalue weighted by atomic mass is 32.1. The van der Waals surface area contributed by atoms with E-state index in [1.165, 1.54) is 24.2 Å². The van der Waals surface area contributed by atoms with Gasteiger partial charge in [-0.1, -0.05) is 43.2 Å². The predicted octanol–water partition coefficient (Wildman–Crippen LogP) is 4.50. The molecule has 2 aromatic heterocycles. The third-order valence-corrected chi connectivity index (χ3v) is 5.72. The van der Waals surface area contributed by atoms with Gasteiger partial charge in [0, 0.05) is 23.5 Å². The monoisotopic (exact) mass is 339 g/mol. The Morgan fingerprint density at radius 1 is 1.25 bits per heavy atom. The van der Waals surface area contributed by atoms with Crippen LogP contribution in [0.5, 0.6) is 0 Å². The number of anilines is 1. The third-order valence-electron chi connectivity index (χ3n) is 4.77. The summed E-state index contributed by atoms with van der Waals surface area (Å²) in [4.78, 5) is 17.8. The minimum Gasteiger partial charge on any atom is -0.353 e. The van der Waals surface area contributed by atoms with E-state index in [1.807, 2.05) is 30.5 Å². The van der Waals surface area contributed by atoms with Gasteiger partial charge in [0.25, 0.3) is 5.56 Å². The molecule has 0 spiro atoms. The van der Waals surface area contributed by atoms with E-state index in [1.54, 1.807) is 4.57 Å². The maximum atomic E-state index is 12.9. The van der Waals surface area contributed by atoms with Crippen molar-refractivity contribution in [2.24, 2.45) is 0 Å². The maximum Gasteiger partial charge on any atom is 0.272 e. The van der Waals surface area contributed by atoms with Crippen LogP contribution in [-0.4, -0.2) is 15.6 Å². The fourth-order valence-electron chi connectivity index (χ4n) is 3.48. The molecule has 2 heterocycles. The molecule has 0 aliphatic heterocycles. The van der Waals surface area contributed by atoms with E-state index in [4.69, 9.17) is 4.98 Å². The molecule has 1 aliphatic carbocycles. The summed E-state index contributed by atoms with van der Waals surface area (Å²) >= 11 is 1.49. The van der Waals surface area contributed by atoms with Crippen LogP contribution in [-0.2, 0) is 6.54 Å². The molecule has 1 saturated carbocycles. The Morgan fingerprint density at radius 2 is 2.00 bits per heavy atom. The van der Waals surface area contributed by atoms with E-state index >= 15 is 0 Å². The van der Waals surface area contributed by atoms with Gasteiger partial charge in [0.2, 0.25) is 5.95 Å². The van der Waals surface area contributed by atoms with E-state index in [0.717, 1.165) is 40.1 Å². The molecule has 1 fully saturated rings. The SMILES string of the molecule is CCn1c(NC2CCCC2)nc2c(-c3ccccc3)csc2c1=O. The Bertz CT molecular complexity index is 908. The highest BCUT2D eigenvalue weighted by Gasteiger charge is 2.20.